The van der Waals surface area contributed by atoms with Gasteiger partial charge in [-0.25, -0.2) is 0 Å². The molecule has 1 fully saturated rings. The van der Waals surface area contributed by atoms with Gasteiger partial charge in [0, 0.05) is 19.0 Å². The molecule has 2 aliphatic rings. The Morgan fingerprint density at radius 1 is 1.00 bits per heavy atom. The number of likely N-dealkylation sites (N-methyl/N-ethyl adjacent to an activating group) is 2. The molecule has 1 aliphatic carbocycles. The number of allylic oxidation sites excluding steroid dienone is 9. The predicted octanol–water partition coefficient (Wildman–Crippen LogP) is 2.76. The molecule has 0 aromatic rings. The van der Waals surface area contributed by atoms with Gasteiger partial charge in [-0.05, 0) is 32.1 Å². The zero-order valence-electron chi connectivity index (χ0n) is 13.3. The van der Waals surface area contributed by atoms with Crippen LogP contribution in [0.2, 0.25) is 0 Å². The maximum absolute atomic E-state index is 12.4. The van der Waals surface area contributed by atoms with Crippen molar-refractivity contribution in [3.63, 3.8) is 0 Å². The van der Waals surface area contributed by atoms with Gasteiger partial charge in [0.05, 0.1) is 0 Å². The van der Waals surface area contributed by atoms with Gasteiger partial charge < -0.3 is 0 Å². The Bertz CT molecular complexity index is 616. The average Bonchev–Trinajstić information content (AvgIpc) is 3.04. The number of thiocarbonyl (C=S) groups is 1. The van der Waals surface area contributed by atoms with Gasteiger partial charge in [-0.2, -0.15) is 0 Å². The van der Waals surface area contributed by atoms with Crippen molar-refractivity contribution in [1.82, 2.24) is 9.80 Å². The molecule has 1 aliphatic heterocycles. The molecule has 0 aromatic carbocycles. The van der Waals surface area contributed by atoms with Crippen LogP contribution in [0.3, 0.4) is 0 Å². The summed E-state index contributed by atoms with van der Waals surface area (Å²) in [6.07, 6.45) is 17.2. The van der Waals surface area contributed by atoms with Crippen LogP contribution in [0, 0.1) is 5.92 Å². The van der Waals surface area contributed by atoms with Crippen molar-refractivity contribution < 1.29 is 9.59 Å². The first-order chi connectivity index (χ1) is 11.1. The molecule has 0 bridgehead atoms. The van der Waals surface area contributed by atoms with Crippen LogP contribution in [0.4, 0.5) is 0 Å². The van der Waals surface area contributed by atoms with Crippen LogP contribution in [0.15, 0.2) is 60.3 Å². The van der Waals surface area contributed by atoms with Gasteiger partial charge in [0.25, 0.3) is 11.8 Å². The summed E-state index contributed by atoms with van der Waals surface area (Å²) in [5.74, 6) is -0.348. The lowest BCUT2D eigenvalue weighted by atomic mass is 10.1. The molecular weight excluding hydrogens is 308 g/mol. The summed E-state index contributed by atoms with van der Waals surface area (Å²) >= 11 is 5.21. The lowest BCUT2D eigenvalue weighted by Gasteiger charge is -2.35. The van der Waals surface area contributed by atoms with E-state index in [2.05, 4.69) is 12.2 Å². The van der Waals surface area contributed by atoms with E-state index >= 15 is 0 Å². The van der Waals surface area contributed by atoms with Crippen molar-refractivity contribution in [2.75, 3.05) is 13.1 Å². The average molecular weight is 328 g/mol. The first-order valence-electron chi connectivity index (χ1n) is 7.68. The quantitative estimate of drug-likeness (QED) is 0.337. The minimum absolute atomic E-state index is 0.146. The third-order valence-corrected chi connectivity index (χ3v) is 4.08. The summed E-state index contributed by atoms with van der Waals surface area (Å²) in [5.41, 5.74) is 0.146. The topological polar surface area (TPSA) is 40.6 Å². The van der Waals surface area contributed by atoms with Gasteiger partial charge >= 0.3 is 0 Å². The summed E-state index contributed by atoms with van der Waals surface area (Å²) < 4.78 is 0. The Morgan fingerprint density at radius 2 is 1.57 bits per heavy atom. The highest BCUT2D eigenvalue weighted by molar-refractivity contribution is 7.80. The Balaban J connectivity index is 2.13. The summed E-state index contributed by atoms with van der Waals surface area (Å²) in [4.78, 5) is 27.6. The highest BCUT2D eigenvalue weighted by Crippen LogP contribution is 2.17. The first kappa shape index (κ1) is 17.1. The number of carbonyl (C=O) groups is 2. The Kier molecular flexibility index (Phi) is 5.82. The van der Waals surface area contributed by atoms with Crippen molar-refractivity contribution in [3.8, 4) is 0 Å². The van der Waals surface area contributed by atoms with E-state index < -0.39 is 0 Å². The molecule has 0 radical (unpaired) electrons. The minimum atomic E-state index is -0.331. The number of nitrogens with zero attached hydrogens (tertiary/aromatic N) is 2. The maximum Gasteiger partial charge on any atom is 0.265 e. The molecule has 0 aromatic heterocycles. The van der Waals surface area contributed by atoms with Gasteiger partial charge in [0.1, 0.15) is 5.57 Å². The highest BCUT2D eigenvalue weighted by atomic mass is 32.1. The van der Waals surface area contributed by atoms with E-state index in [0.29, 0.717) is 19.0 Å². The van der Waals surface area contributed by atoms with E-state index in [9.17, 15) is 9.59 Å². The number of hydrogen-bond donors (Lipinski definition) is 0. The van der Waals surface area contributed by atoms with E-state index in [1.807, 2.05) is 44.2 Å². The molecule has 23 heavy (non-hydrogen) atoms. The smallest absolute Gasteiger partial charge is 0.265 e. The van der Waals surface area contributed by atoms with E-state index in [1.165, 1.54) is 9.80 Å². The number of amides is 2. The van der Waals surface area contributed by atoms with Crippen molar-refractivity contribution in [2.24, 2.45) is 5.92 Å². The maximum atomic E-state index is 12.4. The fourth-order valence-corrected chi connectivity index (χ4v) is 2.81. The van der Waals surface area contributed by atoms with E-state index in [1.54, 1.807) is 12.2 Å². The molecule has 4 nitrogen and oxygen atoms in total. The lowest BCUT2D eigenvalue weighted by molar-refractivity contribution is -0.133. The zero-order chi connectivity index (χ0) is 16.8. The molecular formula is C18H20N2O2S. The van der Waals surface area contributed by atoms with Crippen LogP contribution in [0.1, 0.15) is 13.8 Å². The van der Waals surface area contributed by atoms with Crippen LogP contribution >= 0.6 is 12.2 Å². The number of hydrogen-bond acceptors (Lipinski definition) is 3. The van der Waals surface area contributed by atoms with E-state index in [4.69, 9.17) is 12.2 Å². The lowest BCUT2D eigenvalue weighted by Crippen LogP contribution is -2.55. The van der Waals surface area contributed by atoms with Gasteiger partial charge in [-0.15, -0.1) is 0 Å². The molecule has 2 amide bonds. The third-order valence-electron chi connectivity index (χ3n) is 3.64. The predicted molar refractivity (Wildman–Crippen MR) is 95.5 cm³/mol. The van der Waals surface area contributed by atoms with Crippen LogP contribution in [-0.2, 0) is 9.59 Å². The molecule has 2 rings (SSSR count). The van der Waals surface area contributed by atoms with Crippen molar-refractivity contribution in [1.29, 1.82) is 0 Å². The molecule has 120 valence electrons. The second-order valence-electron chi connectivity index (χ2n) is 5.08. The minimum Gasteiger partial charge on any atom is -0.285 e. The second kappa shape index (κ2) is 7.83. The van der Waals surface area contributed by atoms with E-state index in [-0.39, 0.29) is 22.5 Å². The van der Waals surface area contributed by atoms with Crippen LogP contribution in [0.25, 0.3) is 0 Å². The fourth-order valence-electron chi connectivity index (χ4n) is 2.39. The van der Waals surface area contributed by atoms with Gasteiger partial charge in [0.15, 0.2) is 5.11 Å². The molecule has 0 saturated carbocycles. The third kappa shape index (κ3) is 3.74. The molecule has 0 unspecified atom stereocenters. The monoisotopic (exact) mass is 328 g/mol. The summed E-state index contributed by atoms with van der Waals surface area (Å²) in [6, 6.07) is 0. The normalized spacial score (nSPS) is 19.2. The van der Waals surface area contributed by atoms with E-state index in [0.717, 1.165) is 0 Å². The molecule has 0 spiro atoms. The van der Waals surface area contributed by atoms with Crippen LogP contribution in [-0.4, -0.2) is 39.8 Å². The van der Waals surface area contributed by atoms with Crippen LogP contribution < -0.4 is 0 Å². The molecule has 1 saturated heterocycles. The van der Waals surface area contributed by atoms with Crippen LogP contribution in [0.5, 0.6) is 0 Å². The summed E-state index contributed by atoms with van der Waals surface area (Å²) in [7, 11) is 0. The van der Waals surface area contributed by atoms with Gasteiger partial charge in [-0.3, -0.25) is 19.4 Å². The van der Waals surface area contributed by atoms with Gasteiger partial charge in [-0.1, -0.05) is 48.6 Å². The SMILES string of the molecule is CCN1C(=O)C(=C/C=C/C=C/C2C=CC=C2)C(=O)N(CC)C1=S. The Morgan fingerprint density at radius 3 is 2.09 bits per heavy atom. The second-order valence-corrected chi connectivity index (χ2v) is 5.44. The van der Waals surface area contributed by atoms with Crippen molar-refractivity contribution >= 4 is 29.1 Å². The van der Waals surface area contributed by atoms with Crippen molar-refractivity contribution in [3.05, 3.63) is 60.3 Å². The molecule has 1 heterocycles. The zero-order valence-corrected chi connectivity index (χ0v) is 14.1. The first-order valence-corrected chi connectivity index (χ1v) is 8.08. The largest absolute Gasteiger partial charge is 0.285 e. The molecule has 5 heteroatoms. The number of carbonyl (C=O) groups excluding carboxylic acids is 2. The molecule has 0 atom stereocenters. The summed E-state index contributed by atoms with van der Waals surface area (Å²) in [5, 5.41) is 0.283. The highest BCUT2D eigenvalue weighted by Gasteiger charge is 2.37. The fraction of sp³-hybridized carbons (Fsp3) is 0.278. The Hall–Kier alpha value is -2.27. The van der Waals surface area contributed by atoms with Gasteiger partial charge in [0.2, 0.25) is 0 Å². The standard InChI is InChI=1S/C18H20N2O2S/c1-3-19-16(21)15(17(22)20(4-2)18(19)23)13-7-5-6-10-14-11-8-9-12-14/h5-14H,3-4H2,1-2H3/b7-5+,10-6+. The Labute approximate surface area is 142 Å². The summed E-state index contributed by atoms with van der Waals surface area (Å²) in [6.45, 7) is 4.57. The molecule has 0 N–H and O–H groups in total. The van der Waals surface area contributed by atoms with Crippen molar-refractivity contribution in [2.45, 2.75) is 13.8 Å². The number of rotatable bonds is 5.